The molecule has 0 aliphatic rings. The summed E-state index contributed by atoms with van der Waals surface area (Å²) in [6.45, 7) is 6.58. The molecule has 0 unspecified atom stereocenters. The molecule has 0 fully saturated rings. The quantitative estimate of drug-likeness (QED) is 0.450. The average Bonchev–Trinajstić information content (AvgIpc) is 3.38. The van der Waals surface area contributed by atoms with Gasteiger partial charge in [0.2, 0.25) is 5.89 Å². The van der Waals surface area contributed by atoms with Crippen LogP contribution in [-0.4, -0.2) is 24.7 Å². The summed E-state index contributed by atoms with van der Waals surface area (Å²) in [5.74, 6) is 2.09. The molecule has 1 aromatic carbocycles. The summed E-state index contributed by atoms with van der Waals surface area (Å²) in [5.41, 5.74) is 3.41. The van der Waals surface area contributed by atoms with Crippen LogP contribution in [0.25, 0.3) is 17.3 Å². The zero-order valence-electron chi connectivity index (χ0n) is 16.0. The number of aromatic nitrogens is 5. The fraction of sp³-hybridized carbons (Fsp3) is 0.238. The number of thioether (sulfide) groups is 1. The van der Waals surface area contributed by atoms with Crippen LogP contribution in [-0.2, 0) is 11.2 Å². The maximum Gasteiger partial charge on any atom is 0.277 e. The molecule has 142 valence electrons. The number of imidazole rings is 1. The predicted octanol–water partition coefficient (Wildman–Crippen LogP) is 4.91. The van der Waals surface area contributed by atoms with Crippen LogP contribution < -0.4 is 0 Å². The lowest BCUT2D eigenvalue weighted by Gasteiger charge is -2.18. The van der Waals surface area contributed by atoms with E-state index in [0.29, 0.717) is 16.9 Å². The molecule has 0 N–H and O–H groups in total. The smallest absolute Gasteiger partial charge is 0.277 e. The van der Waals surface area contributed by atoms with Crippen molar-refractivity contribution in [2.24, 2.45) is 0 Å². The van der Waals surface area contributed by atoms with Gasteiger partial charge in [0.15, 0.2) is 0 Å². The largest absolute Gasteiger partial charge is 0.411 e. The second-order valence-corrected chi connectivity index (χ2v) is 8.41. The molecule has 4 aromatic rings. The molecule has 0 spiro atoms. The molecular weight excluding hydrogens is 370 g/mol. The van der Waals surface area contributed by atoms with Crippen LogP contribution in [0.5, 0.6) is 0 Å². The van der Waals surface area contributed by atoms with Crippen LogP contribution in [0.1, 0.15) is 31.9 Å². The van der Waals surface area contributed by atoms with Crippen molar-refractivity contribution >= 4 is 11.8 Å². The van der Waals surface area contributed by atoms with E-state index in [1.165, 1.54) is 17.3 Å². The Bertz CT molecular complexity index is 1030. The summed E-state index contributed by atoms with van der Waals surface area (Å²) in [4.78, 5) is 8.49. The van der Waals surface area contributed by atoms with Crippen molar-refractivity contribution in [3.05, 3.63) is 72.4 Å². The van der Waals surface area contributed by atoms with E-state index in [1.807, 2.05) is 41.2 Å². The Morgan fingerprint density at radius 1 is 1.04 bits per heavy atom. The standard InChI is InChI=1S/C21H21N5OS/c1-21(2,3)17-7-5-16(6-8-17)19-24-25-20(27-19)28-13-15-4-9-18(23-12-15)26-11-10-22-14-26/h4-12,14H,13H2,1-3H3. The van der Waals surface area contributed by atoms with Crippen molar-refractivity contribution in [3.8, 4) is 17.3 Å². The van der Waals surface area contributed by atoms with Gasteiger partial charge in [-0.05, 0) is 34.7 Å². The molecular formula is C21H21N5OS. The highest BCUT2D eigenvalue weighted by Gasteiger charge is 2.15. The van der Waals surface area contributed by atoms with Crippen molar-refractivity contribution in [2.45, 2.75) is 37.2 Å². The molecule has 28 heavy (non-hydrogen) atoms. The van der Waals surface area contributed by atoms with E-state index in [1.54, 1.807) is 12.5 Å². The summed E-state index contributed by atoms with van der Waals surface area (Å²) < 4.78 is 7.67. The highest BCUT2D eigenvalue weighted by molar-refractivity contribution is 7.98. The summed E-state index contributed by atoms with van der Waals surface area (Å²) in [7, 11) is 0. The minimum absolute atomic E-state index is 0.121. The van der Waals surface area contributed by atoms with Gasteiger partial charge in [-0.1, -0.05) is 50.7 Å². The van der Waals surface area contributed by atoms with Crippen LogP contribution in [0, 0.1) is 0 Å². The van der Waals surface area contributed by atoms with Gasteiger partial charge in [0.1, 0.15) is 12.1 Å². The van der Waals surface area contributed by atoms with Gasteiger partial charge in [0, 0.05) is 29.9 Å². The Kier molecular flexibility index (Phi) is 5.00. The first-order chi connectivity index (χ1) is 13.5. The summed E-state index contributed by atoms with van der Waals surface area (Å²) in [5, 5.41) is 8.88. The normalized spacial score (nSPS) is 11.7. The average molecular weight is 392 g/mol. The molecule has 3 heterocycles. The van der Waals surface area contributed by atoms with E-state index in [-0.39, 0.29) is 5.41 Å². The Hall–Kier alpha value is -2.93. The second kappa shape index (κ2) is 7.59. The third kappa shape index (κ3) is 4.14. The van der Waals surface area contributed by atoms with Crippen molar-refractivity contribution in [1.29, 1.82) is 0 Å². The van der Waals surface area contributed by atoms with E-state index in [9.17, 15) is 0 Å². The third-order valence-corrected chi connectivity index (χ3v) is 5.23. The zero-order valence-corrected chi connectivity index (χ0v) is 16.8. The van der Waals surface area contributed by atoms with E-state index < -0.39 is 0 Å². The van der Waals surface area contributed by atoms with Gasteiger partial charge in [-0.15, -0.1) is 10.2 Å². The SMILES string of the molecule is CC(C)(C)c1ccc(-c2nnc(SCc3ccc(-n4ccnc4)nc3)o2)cc1. The third-order valence-electron chi connectivity index (χ3n) is 4.34. The van der Waals surface area contributed by atoms with Crippen molar-refractivity contribution in [1.82, 2.24) is 24.7 Å². The number of nitrogens with zero attached hydrogens (tertiary/aromatic N) is 5. The lowest BCUT2D eigenvalue weighted by atomic mass is 9.87. The molecule has 3 aromatic heterocycles. The van der Waals surface area contributed by atoms with E-state index in [4.69, 9.17) is 4.42 Å². The van der Waals surface area contributed by atoms with Crippen molar-refractivity contribution in [2.75, 3.05) is 0 Å². The maximum atomic E-state index is 5.81. The van der Waals surface area contributed by atoms with E-state index in [2.05, 4.69) is 53.1 Å². The van der Waals surface area contributed by atoms with Crippen LogP contribution >= 0.6 is 11.8 Å². The Morgan fingerprint density at radius 2 is 1.86 bits per heavy atom. The van der Waals surface area contributed by atoms with Gasteiger partial charge >= 0.3 is 0 Å². The van der Waals surface area contributed by atoms with Crippen LogP contribution in [0.15, 0.2) is 71.0 Å². The van der Waals surface area contributed by atoms with Crippen LogP contribution in [0.2, 0.25) is 0 Å². The Labute approximate surface area is 168 Å². The summed E-state index contributed by atoms with van der Waals surface area (Å²) >= 11 is 1.50. The molecule has 7 heteroatoms. The molecule has 4 rings (SSSR count). The number of rotatable bonds is 5. The molecule has 0 bridgehead atoms. The fourth-order valence-electron chi connectivity index (χ4n) is 2.69. The first-order valence-corrected chi connectivity index (χ1v) is 9.98. The van der Waals surface area contributed by atoms with Gasteiger partial charge < -0.3 is 4.42 Å². The van der Waals surface area contributed by atoms with Gasteiger partial charge in [-0.2, -0.15) is 0 Å². The Balaban J connectivity index is 1.40. The minimum Gasteiger partial charge on any atom is -0.411 e. The van der Waals surface area contributed by atoms with Gasteiger partial charge in [0.05, 0.1) is 0 Å². The minimum atomic E-state index is 0.121. The number of pyridine rings is 1. The van der Waals surface area contributed by atoms with Crippen LogP contribution in [0.4, 0.5) is 0 Å². The van der Waals surface area contributed by atoms with Gasteiger partial charge in [0.25, 0.3) is 5.22 Å². The molecule has 0 aliphatic heterocycles. The molecule has 0 aliphatic carbocycles. The predicted molar refractivity (Wildman–Crippen MR) is 109 cm³/mol. The first-order valence-electron chi connectivity index (χ1n) is 8.99. The molecule has 0 saturated carbocycles. The van der Waals surface area contributed by atoms with Gasteiger partial charge in [-0.25, -0.2) is 9.97 Å². The molecule has 0 saturated heterocycles. The van der Waals surface area contributed by atoms with Crippen molar-refractivity contribution in [3.63, 3.8) is 0 Å². The van der Waals surface area contributed by atoms with Crippen molar-refractivity contribution < 1.29 is 4.42 Å². The molecule has 0 amide bonds. The zero-order chi connectivity index (χ0) is 19.6. The molecule has 0 atom stereocenters. The number of hydrogen-bond donors (Lipinski definition) is 0. The Morgan fingerprint density at radius 3 is 2.50 bits per heavy atom. The fourth-order valence-corrected chi connectivity index (χ4v) is 3.39. The monoisotopic (exact) mass is 391 g/mol. The lowest BCUT2D eigenvalue weighted by Crippen LogP contribution is -2.10. The lowest BCUT2D eigenvalue weighted by molar-refractivity contribution is 0.465. The first kappa shape index (κ1) is 18.4. The van der Waals surface area contributed by atoms with Gasteiger partial charge in [-0.3, -0.25) is 4.57 Å². The maximum absolute atomic E-state index is 5.81. The summed E-state index contributed by atoms with van der Waals surface area (Å²) in [6.07, 6.45) is 7.18. The number of hydrogen-bond acceptors (Lipinski definition) is 6. The number of benzene rings is 1. The van der Waals surface area contributed by atoms with Crippen LogP contribution in [0.3, 0.4) is 0 Å². The van der Waals surface area contributed by atoms with E-state index >= 15 is 0 Å². The molecule has 6 nitrogen and oxygen atoms in total. The highest BCUT2D eigenvalue weighted by atomic mass is 32.2. The second-order valence-electron chi connectivity index (χ2n) is 7.48. The highest BCUT2D eigenvalue weighted by Crippen LogP contribution is 2.28. The van der Waals surface area contributed by atoms with E-state index in [0.717, 1.165) is 16.9 Å². The summed E-state index contributed by atoms with van der Waals surface area (Å²) in [6, 6.07) is 12.3. The topological polar surface area (TPSA) is 69.6 Å². The molecule has 0 radical (unpaired) electrons.